The van der Waals surface area contributed by atoms with Crippen LogP contribution < -0.4 is 0 Å². The summed E-state index contributed by atoms with van der Waals surface area (Å²) in [7, 11) is 0. The van der Waals surface area contributed by atoms with Gasteiger partial charge in [-0.05, 0) is 19.4 Å². The zero-order valence-corrected chi connectivity index (χ0v) is 10.7. The Balaban J connectivity index is 2.73. The summed E-state index contributed by atoms with van der Waals surface area (Å²) in [5, 5.41) is 9.57. The molecule has 0 saturated heterocycles. The maximum Gasteiger partial charge on any atom is 0.374 e. The van der Waals surface area contributed by atoms with Crippen LogP contribution in [0.4, 0.5) is 0 Å². The highest BCUT2D eigenvalue weighted by molar-refractivity contribution is 6.02. The molecule has 1 N–H and O–H groups in total. The molecule has 0 unspecified atom stereocenters. The molecule has 1 aliphatic rings. The smallest absolute Gasteiger partial charge is 0.374 e. The average Bonchev–Trinajstić information content (AvgIpc) is 2.70. The molecule has 5 nitrogen and oxygen atoms in total. The second-order valence-electron chi connectivity index (χ2n) is 3.94. The molecule has 0 aromatic heterocycles. The fourth-order valence-corrected chi connectivity index (χ4v) is 1.57. The van der Waals surface area contributed by atoms with E-state index in [2.05, 4.69) is 11.7 Å². The minimum atomic E-state index is -0.907. The number of aliphatic hydroxyl groups is 1. The highest BCUT2D eigenvalue weighted by atomic mass is 16.6. The first kappa shape index (κ1) is 14.3. The van der Waals surface area contributed by atoms with Crippen molar-refractivity contribution >= 4 is 11.9 Å². The number of carbonyl (C=O) groups is 2. The third kappa shape index (κ3) is 3.61. The fraction of sp³-hybridized carbons (Fsp3) is 0.538. The van der Waals surface area contributed by atoms with E-state index in [-0.39, 0.29) is 12.2 Å². The summed E-state index contributed by atoms with van der Waals surface area (Å²) in [6.45, 7) is 3.83. The topological polar surface area (TPSA) is 72.8 Å². The molecular weight excluding hydrogens is 236 g/mol. The van der Waals surface area contributed by atoms with Gasteiger partial charge >= 0.3 is 11.9 Å². The maximum absolute atomic E-state index is 11.5. The van der Waals surface area contributed by atoms with Crippen molar-refractivity contribution in [3.8, 4) is 0 Å². The standard InChI is InChI=1S/C13H18O5/c1-3-5-6-7-9-8-10(12(15)18-9)11(14)13(16)17-4-2/h8,14H,3-7H2,1-2H3. The van der Waals surface area contributed by atoms with Crippen molar-refractivity contribution in [2.75, 3.05) is 6.61 Å². The largest absolute Gasteiger partial charge is 0.501 e. The molecule has 0 aliphatic carbocycles. The summed E-state index contributed by atoms with van der Waals surface area (Å²) >= 11 is 0. The SMILES string of the molecule is CCCCCC1=CC(=C(O)C(=O)OCC)C(=O)O1. The summed E-state index contributed by atoms with van der Waals surface area (Å²) in [4.78, 5) is 22.7. The number of hydrogen-bond acceptors (Lipinski definition) is 5. The second-order valence-corrected chi connectivity index (χ2v) is 3.94. The van der Waals surface area contributed by atoms with Gasteiger partial charge in [-0.3, -0.25) is 0 Å². The van der Waals surface area contributed by atoms with E-state index in [1.807, 2.05) is 0 Å². The fourth-order valence-electron chi connectivity index (χ4n) is 1.57. The number of rotatable bonds is 6. The molecule has 1 rings (SSSR count). The number of hydrogen-bond donors (Lipinski definition) is 1. The third-order valence-electron chi connectivity index (χ3n) is 2.50. The monoisotopic (exact) mass is 254 g/mol. The minimum Gasteiger partial charge on any atom is -0.501 e. The predicted octanol–water partition coefficient (Wildman–Crippen LogP) is 2.38. The van der Waals surface area contributed by atoms with Crippen LogP contribution in [0.1, 0.15) is 39.5 Å². The van der Waals surface area contributed by atoms with Crippen LogP contribution in [0.5, 0.6) is 0 Å². The Morgan fingerprint density at radius 1 is 1.39 bits per heavy atom. The van der Waals surface area contributed by atoms with Crippen LogP contribution in [0.25, 0.3) is 0 Å². The lowest BCUT2D eigenvalue weighted by Gasteiger charge is -2.01. The third-order valence-corrected chi connectivity index (χ3v) is 2.50. The van der Waals surface area contributed by atoms with Crippen molar-refractivity contribution in [3.05, 3.63) is 23.2 Å². The summed E-state index contributed by atoms with van der Waals surface area (Å²) in [5.74, 6) is -1.81. The van der Waals surface area contributed by atoms with Gasteiger partial charge in [0.25, 0.3) is 0 Å². The highest BCUT2D eigenvalue weighted by Gasteiger charge is 2.27. The van der Waals surface area contributed by atoms with Crippen LogP contribution in [0.2, 0.25) is 0 Å². The first-order valence-electron chi connectivity index (χ1n) is 6.13. The molecular formula is C13H18O5. The maximum atomic E-state index is 11.5. The van der Waals surface area contributed by atoms with Crippen molar-refractivity contribution in [1.82, 2.24) is 0 Å². The van der Waals surface area contributed by atoms with Gasteiger partial charge in [-0.15, -0.1) is 0 Å². The van der Waals surface area contributed by atoms with Gasteiger partial charge in [0, 0.05) is 6.42 Å². The zero-order valence-electron chi connectivity index (χ0n) is 10.7. The molecule has 0 aromatic rings. The average molecular weight is 254 g/mol. The lowest BCUT2D eigenvalue weighted by molar-refractivity contribution is -0.142. The molecule has 1 heterocycles. The van der Waals surface area contributed by atoms with E-state index < -0.39 is 17.7 Å². The minimum absolute atomic E-state index is 0.125. The summed E-state index contributed by atoms with van der Waals surface area (Å²) in [6, 6.07) is 0. The van der Waals surface area contributed by atoms with Crippen molar-refractivity contribution in [1.29, 1.82) is 0 Å². The van der Waals surface area contributed by atoms with Gasteiger partial charge in [0.15, 0.2) is 0 Å². The van der Waals surface area contributed by atoms with Crippen LogP contribution in [-0.4, -0.2) is 23.7 Å². The summed E-state index contributed by atoms with van der Waals surface area (Å²) in [5.41, 5.74) is -0.125. The molecule has 100 valence electrons. The molecule has 1 aliphatic heterocycles. The lowest BCUT2D eigenvalue weighted by Crippen LogP contribution is -2.12. The van der Waals surface area contributed by atoms with Crippen LogP contribution in [-0.2, 0) is 19.1 Å². The van der Waals surface area contributed by atoms with Gasteiger partial charge < -0.3 is 14.6 Å². The zero-order chi connectivity index (χ0) is 13.5. The van der Waals surface area contributed by atoms with E-state index in [4.69, 9.17) is 4.74 Å². The first-order valence-corrected chi connectivity index (χ1v) is 6.13. The van der Waals surface area contributed by atoms with E-state index in [0.717, 1.165) is 19.3 Å². The molecule has 18 heavy (non-hydrogen) atoms. The number of esters is 2. The molecule has 0 fully saturated rings. The number of carbonyl (C=O) groups excluding carboxylic acids is 2. The quantitative estimate of drug-likeness (QED) is 0.341. The van der Waals surface area contributed by atoms with Crippen molar-refractivity contribution in [2.45, 2.75) is 39.5 Å². The van der Waals surface area contributed by atoms with Crippen LogP contribution in [0.15, 0.2) is 23.2 Å². The van der Waals surface area contributed by atoms with Crippen molar-refractivity contribution < 1.29 is 24.2 Å². The molecule has 0 atom stereocenters. The van der Waals surface area contributed by atoms with Gasteiger partial charge in [0.2, 0.25) is 5.76 Å². The number of allylic oxidation sites excluding steroid dienone is 1. The second kappa shape index (κ2) is 6.83. The normalized spacial score (nSPS) is 17.2. The molecule has 0 saturated carbocycles. The van der Waals surface area contributed by atoms with E-state index in [9.17, 15) is 14.7 Å². The number of aliphatic hydroxyl groups excluding tert-OH is 1. The Hall–Kier alpha value is -1.78. The van der Waals surface area contributed by atoms with Gasteiger partial charge in [0.05, 0.1) is 6.61 Å². The van der Waals surface area contributed by atoms with E-state index >= 15 is 0 Å². The van der Waals surface area contributed by atoms with Gasteiger partial charge in [-0.2, -0.15) is 0 Å². The number of unbranched alkanes of at least 4 members (excludes halogenated alkanes) is 2. The Morgan fingerprint density at radius 3 is 2.72 bits per heavy atom. The Labute approximate surface area is 106 Å². The van der Waals surface area contributed by atoms with Crippen molar-refractivity contribution in [3.63, 3.8) is 0 Å². The molecule has 0 bridgehead atoms. The van der Waals surface area contributed by atoms with Crippen molar-refractivity contribution in [2.24, 2.45) is 0 Å². The Morgan fingerprint density at radius 2 is 2.11 bits per heavy atom. The molecule has 5 heteroatoms. The molecule has 0 amide bonds. The molecule has 0 aromatic carbocycles. The Kier molecular flexibility index (Phi) is 5.42. The molecule has 0 spiro atoms. The number of ether oxygens (including phenoxy) is 2. The summed E-state index contributed by atoms with van der Waals surface area (Å²) in [6.07, 6.45) is 5.04. The van der Waals surface area contributed by atoms with Crippen LogP contribution >= 0.6 is 0 Å². The predicted molar refractivity (Wildman–Crippen MR) is 64.6 cm³/mol. The van der Waals surface area contributed by atoms with Gasteiger partial charge in [-0.25, -0.2) is 9.59 Å². The van der Waals surface area contributed by atoms with Crippen LogP contribution in [0, 0.1) is 0 Å². The lowest BCUT2D eigenvalue weighted by atomic mass is 10.1. The van der Waals surface area contributed by atoms with E-state index in [1.54, 1.807) is 6.92 Å². The van der Waals surface area contributed by atoms with E-state index in [0.29, 0.717) is 12.2 Å². The number of cyclic esters (lactones) is 1. The van der Waals surface area contributed by atoms with Gasteiger partial charge in [0.1, 0.15) is 11.3 Å². The first-order chi connectivity index (χ1) is 8.60. The Bertz CT molecular complexity index is 392. The van der Waals surface area contributed by atoms with Crippen LogP contribution in [0.3, 0.4) is 0 Å². The van der Waals surface area contributed by atoms with E-state index in [1.165, 1.54) is 6.08 Å². The van der Waals surface area contributed by atoms with Gasteiger partial charge in [-0.1, -0.05) is 19.8 Å². The highest BCUT2D eigenvalue weighted by Crippen LogP contribution is 2.23. The summed E-state index contributed by atoms with van der Waals surface area (Å²) < 4.78 is 9.58. The molecule has 0 radical (unpaired) electrons.